The zero-order valence-corrected chi connectivity index (χ0v) is 10.9. The van der Waals surface area contributed by atoms with Gasteiger partial charge in [0.2, 0.25) is 0 Å². The predicted molar refractivity (Wildman–Crippen MR) is 76.2 cm³/mol. The smallest absolute Gasteiger partial charge is 0.121 e. The lowest BCUT2D eigenvalue weighted by Crippen LogP contribution is -2.02. The zero-order chi connectivity index (χ0) is 13.0. The number of nitrogens with one attached hydrogen (secondary N) is 1. The fraction of sp³-hybridized carbons (Fsp3) is 0.143. The normalized spacial score (nSPS) is 10.1. The highest BCUT2D eigenvalue weighted by Crippen LogP contribution is 2.24. The summed E-state index contributed by atoms with van der Waals surface area (Å²) in [6.45, 7) is 0.702. The maximum absolute atomic E-state index is 5.92. The third-order valence-electron chi connectivity index (χ3n) is 2.65. The van der Waals surface area contributed by atoms with E-state index in [0.717, 1.165) is 22.0 Å². The van der Waals surface area contributed by atoms with Crippen molar-refractivity contribution in [2.75, 3.05) is 18.2 Å². The zero-order valence-electron chi connectivity index (χ0n) is 10.1. The van der Waals surface area contributed by atoms with E-state index in [1.165, 1.54) is 0 Å². The Morgan fingerprint density at radius 3 is 2.50 bits per heavy atom. The first kappa shape index (κ1) is 12.6. The summed E-state index contributed by atoms with van der Waals surface area (Å²) in [4.78, 5) is 0. The molecule has 0 saturated carbocycles. The largest absolute Gasteiger partial charge is 0.497 e. The van der Waals surface area contributed by atoms with Gasteiger partial charge in [-0.05, 0) is 29.8 Å². The molecule has 0 heterocycles. The number of methoxy groups -OCH3 is 1. The molecule has 0 aliphatic carbocycles. The molecule has 2 aromatic rings. The van der Waals surface area contributed by atoms with Gasteiger partial charge in [-0.15, -0.1) is 0 Å². The molecule has 0 radical (unpaired) electrons. The highest BCUT2D eigenvalue weighted by Gasteiger charge is 2.01. The van der Waals surface area contributed by atoms with Gasteiger partial charge in [-0.3, -0.25) is 0 Å². The van der Waals surface area contributed by atoms with Crippen molar-refractivity contribution in [2.45, 2.75) is 6.54 Å². The lowest BCUT2D eigenvalue weighted by molar-refractivity contribution is 0.415. The summed E-state index contributed by atoms with van der Waals surface area (Å²) in [5, 5.41) is 4.01. The number of halogens is 1. The molecule has 2 rings (SSSR count). The lowest BCUT2D eigenvalue weighted by atomic mass is 10.2. The molecule has 0 aliphatic rings. The molecule has 4 heteroatoms. The van der Waals surface area contributed by atoms with Crippen molar-refractivity contribution in [1.29, 1.82) is 0 Å². The second kappa shape index (κ2) is 5.65. The Bertz CT molecular complexity index is 526. The lowest BCUT2D eigenvalue weighted by Gasteiger charge is -2.10. The minimum Gasteiger partial charge on any atom is -0.497 e. The number of nitrogens with two attached hydrogens (primary N) is 1. The van der Waals surface area contributed by atoms with Crippen LogP contribution in [0.1, 0.15) is 5.56 Å². The molecule has 94 valence electrons. The van der Waals surface area contributed by atoms with Gasteiger partial charge < -0.3 is 15.8 Å². The molecule has 0 bridgehead atoms. The van der Waals surface area contributed by atoms with Gasteiger partial charge in [0.15, 0.2) is 0 Å². The van der Waals surface area contributed by atoms with Crippen molar-refractivity contribution in [3.63, 3.8) is 0 Å². The summed E-state index contributed by atoms with van der Waals surface area (Å²) in [5.41, 5.74) is 8.63. The molecule has 0 fully saturated rings. The number of rotatable bonds is 4. The molecule has 3 nitrogen and oxygen atoms in total. The van der Waals surface area contributed by atoms with Gasteiger partial charge in [0, 0.05) is 17.6 Å². The van der Waals surface area contributed by atoms with Crippen LogP contribution in [-0.4, -0.2) is 7.11 Å². The summed E-state index contributed by atoms with van der Waals surface area (Å²) in [6, 6.07) is 13.3. The molecule has 0 atom stereocenters. The van der Waals surface area contributed by atoms with Gasteiger partial charge in [-0.2, -0.15) is 0 Å². The average Bonchev–Trinajstić information content (AvgIpc) is 2.39. The van der Waals surface area contributed by atoms with Crippen LogP contribution in [-0.2, 0) is 6.54 Å². The fourth-order valence-electron chi connectivity index (χ4n) is 1.63. The van der Waals surface area contributed by atoms with Crippen LogP contribution in [0.15, 0.2) is 42.5 Å². The van der Waals surface area contributed by atoms with E-state index in [-0.39, 0.29) is 0 Å². The van der Waals surface area contributed by atoms with Crippen molar-refractivity contribution < 1.29 is 4.74 Å². The van der Waals surface area contributed by atoms with E-state index < -0.39 is 0 Å². The third-order valence-corrected chi connectivity index (χ3v) is 2.91. The number of hydrogen-bond acceptors (Lipinski definition) is 3. The summed E-state index contributed by atoms with van der Waals surface area (Å²) in [7, 11) is 1.62. The first-order chi connectivity index (χ1) is 8.69. The highest BCUT2D eigenvalue weighted by molar-refractivity contribution is 6.30. The first-order valence-corrected chi connectivity index (χ1v) is 5.98. The van der Waals surface area contributed by atoms with Gasteiger partial charge in [-0.25, -0.2) is 0 Å². The Labute approximate surface area is 112 Å². The second-order valence-electron chi connectivity index (χ2n) is 3.93. The molecular formula is C14H15ClN2O. The van der Waals surface area contributed by atoms with Gasteiger partial charge in [0.05, 0.1) is 18.5 Å². The molecule has 0 aliphatic heterocycles. The fourth-order valence-corrected chi connectivity index (χ4v) is 1.75. The molecule has 0 unspecified atom stereocenters. The van der Waals surface area contributed by atoms with Crippen LogP contribution in [0.4, 0.5) is 11.4 Å². The van der Waals surface area contributed by atoms with Gasteiger partial charge in [0.1, 0.15) is 5.75 Å². The van der Waals surface area contributed by atoms with Crippen molar-refractivity contribution in [2.24, 2.45) is 0 Å². The van der Waals surface area contributed by atoms with Crippen LogP contribution in [0.3, 0.4) is 0 Å². The molecule has 0 spiro atoms. The van der Waals surface area contributed by atoms with Crippen LogP contribution >= 0.6 is 11.6 Å². The van der Waals surface area contributed by atoms with E-state index in [1.54, 1.807) is 13.2 Å². The van der Waals surface area contributed by atoms with Gasteiger partial charge in [-0.1, -0.05) is 23.7 Å². The standard InChI is InChI=1S/C14H15ClN2O/c1-18-12-6-7-14(13(16)8-12)17-9-10-2-4-11(15)5-3-10/h2-8,17H,9,16H2,1H3. The minimum atomic E-state index is 0.670. The van der Waals surface area contributed by atoms with E-state index in [0.29, 0.717) is 12.2 Å². The Hall–Kier alpha value is -1.87. The average molecular weight is 263 g/mol. The molecule has 3 N–H and O–H groups in total. The highest BCUT2D eigenvalue weighted by atomic mass is 35.5. The quantitative estimate of drug-likeness (QED) is 0.829. The topological polar surface area (TPSA) is 47.3 Å². The molecular weight excluding hydrogens is 248 g/mol. The maximum atomic E-state index is 5.92. The predicted octanol–water partition coefficient (Wildman–Crippen LogP) is 3.54. The summed E-state index contributed by atoms with van der Waals surface area (Å²) in [6.07, 6.45) is 0. The SMILES string of the molecule is COc1ccc(NCc2ccc(Cl)cc2)c(N)c1. The van der Waals surface area contributed by atoms with Crippen molar-refractivity contribution in [3.05, 3.63) is 53.1 Å². The van der Waals surface area contributed by atoms with E-state index in [1.807, 2.05) is 36.4 Å². The monoisotopic (exact) mass is 262 g/mol. The number of anilines is 2. The molecule has 0 saturated heterocycles. The van der Waals surface area contributed by atoms with Crippen LogP contribution < -0.4 is 15.8 Å². The van der Waals surface area contributed by atoms with Gasteiger partial charge in [0.25, 0.3) is 0 Å². The Morgan fingerprint density at radius 1 is 1.17 bits per heavy atom. The van der Waals surface area contributed by atoms with E-state index in [2.05, 4.69) is 5.32 Å². The third kappa shape index (κ3) is 3.08. The van der Waals surface area contributed by atoms with E-state index >= 15 is 0 Å². The van der Waals surface area contributed by atoms with Crippen molar-refractivity contribution >= 4 is 23.0 Å². The van der Waals surface area contributed by atoms with Crippen LogP contribution in [0.2, 0.25) is 5.02 Å². The summed E-state index contributed by atoms with van der Waals surface area (Å²) >= 11 is 5.83. The molecule has 0 amide bonds. The summed E-state index contributed by atoms with van der Waals surface area (Å²) in [5.74, 6) is 0.754. The number of hydrogen-bond donors (Lipinski definition) is 2. The number of ether oxygens (including phenoxy) is 1. The minimum absolute atomic E-state index is 0.670. The van der Waals surface area contributed by atoms with Crippen LogP contribution in [0, 0.1) is 0 Å². The Balaban J connectivity index is 2.04. The number of benzene rings is 2. The van der Waals surface area contributed by atoms with E-state index in [4.69, 9.17) is 22.1 Å². The molecule has 2 aromatic carbocycles. The Morgan fingerprint density at radius 2 is 1.89 bits per heavy atom. The van der Waals surface area contributed by atoms with Crippen LogP contribution in [0.5, 0.6) is 5.75 Å². The maximum Gasteiger partial charge on any atom is 0.121 e. The van der Waals surface area contributed by atoms with Crippen molar-refractivity contribution in [3.8, 4) is 5.75 Å². The first-order valence-electron chi connectivity index (χ1n) is 5.61. The molecule has 18 heavy (non-hydrogen) atoms. The van der Waals surface area contributed by atoms with E-state index in [9.17, 15) is 0 Å². The Kier molecular flexibility index (Phi) is 3.95. The van der Waals surface area contributed by atoms with Gasteiger partial charge >= 0.3 is 0 Å². The van der Waals surface area contributed by atoms with Crippen molar-refractivity contribution in [1.82, 2.24) is 0 Å². The number of nitrogen functional groups attached to an aromatic ring is 1. The molecule has 0 aromatic heterocycles. The summed E-state index contributed by atoms with van der Waals surface area (Å²) < 4.78 is 5.10. The second-order valence-corrected chi connectivity index (χ2v) is 4.37. The van der Waals surface area contributed by atoms with Crippen LogP contribution in [0.25, 0.3) is 0 Å².